The summed E-state index contributed by atoms with van der Waals surface area (Å²) in [4.78, 5) is 14.0. The molecule has 1 aromatic carbocycles. The quantitative estimate of drug-likeness (QED) is 0.932. The molecule has 1 aromatic rings. The number of benzene rings is 1. The van der Waals surface area contributed by atoms with Gasteiger partial charge in [0.25, 0.3) is 0 Å². The molecule has 0 saturated carbocycles. The lowest BCUT2D eigenvalue weighted by molar-refractivity contribution is -0.141. The number of rotatable bonds is 3. The number of morpholine rings is 1. The summed E-state index contributed by atoms with van der Waals surface area (Å²) in [5.74, 6) is 0.0306. The summed E-state index contributed by atoms with van der Waals surface area (Å²) in [6.07, 6.45) is 0.134. The van der Waals surface area contributed by atoms with E-state index in [9.17, 15) is 4.79 Å². The van der Waals surface area contributed by atoms with E-state index in [-0.39, 0.29) is 24.7 Å². The van der Waals surface area contributed by atoms with Crippen LogP contribution in [0.5, 0.6) is 0 Å². The van der Waals surface area contributed by atoms with Gasteiger partial charge in [-0.25, -0.2) is 0 Å². The summed E-state index contributed by atoms with van der Waals surface area (Å²) in [6.45, 7) is 5.37. The van der Waals surface area contributed by atoms with Crippen LogP contribution < -0.4 is 5.32 Å². The Hall–Kier alpha value is -0.970. The summed E-state index contributed by atoms with van der Waals surface area (Å²) >= 11 is 12.0. The molecule has 2 atom stereocenters. The average Bonchev–Trinajstić information content (AvgIpc) is 2.38. The number of ether oxygens (including phenoxy) is 1. The van der Waals surface area contributed by atoms with Crippen molar-refractivity contribution in [3.05, 3.63) is 28.2 Å². The number of carbonyl (C=O) groups is 1. The SMILES string of the molecule is C[C@@H]1CN(C(=O)CNc2cc(Cl)ccc2Cl)C[C@H](C)O1. The Morgan fingerprint density at radius 2 is 2.00 bits per heavy atom. The van der Waals surface area contributed by atoms with Gasteiger partial charge in [0.1, 0.15) is 0 Å². The molecule has 1 amide bonds. The van der Waals surface area contributed by atoms with Gasteiger partial charge < -0.3 is 15.0 Å². The zero-order valence-electron chi connectivity index (χ0n) is 11.5. The van der Waals surface area contributed by atoms with Gasteiger partial charge in [0.05, 0.1) is 29.5 Å². The summed E-state index contributed by atoms with van der Waals surface area (Å²) in [5.41, 5.74) is 0.668. The Kier molecular flexibility index (Phi) is 5.13. The third kappa shape index (κ3) is 4.01. The van der Waals surface area contributed by atoms with Crippen LogP contribution in [-0.4, -0.2) is 42.6 Å². The van der Waals surface area contributed by atoms with E-state index in [1.807, 2.05) is 18.7 Å². The maximum Gasteiger partial charge on any atom is 0.242 e. The number of halogens is 2. The zero-order valence-corrected chi connectivity index (χ0v) is 13.0. The molecule has 110 valence electrons. The second kappa shape index (κ2) is 6.66. The molecule has 4 nitrogen and oxygen atoms in total. The average molecular weight is 317 g/mol. The molecule has 0 bridgehead atoms. The van der Waals surface area contributed by atoms with Crippen molar-refractivity contribution in [2.75, 3.05) is 25.0 Å². The molecule has 1 aliphatic rings. The van der Waals surface area contributed by atoms with E-state index < -0.39 is 0 Å². The highest BCUT2D eigenvalue weighted by Gasteiger charge is 2.25. The summed E-state index contributed by atoms with van der Waals surface area (Å²) in [6, 6.07) is 5.12. The summed E-state index contributed by atoms with van der Waals surface area (Å²) in [5, 5.41) is 4.16. The van der Waals surface area contributed by atoms with Crippen LogP contribution >= 0.6 is 23.2 Å². The Labute approximate surface area is 129 Å². The molecular weight excluding hydrogens is 299 g/mol. The summed E-state index contributed by atoms with van der Waals surface area (Å²) in [7, 11) is 0. The second-order valence-electron chi connectivity index (χ2n) is 5.03. The molecule has 2 rings (SSSR count). The molecule has 0 spiro atoms. The maximum atomic E-state index is 12.2. The fourth-order valence-corrected chi connectivity index (χ4v) is 2.65. The molecular formula is C14H18Cl2N2O2. The van der Waals surface area contributed by atoms with Gasteiger partial charge >= 0.3 is 0 Å². The molecule has 20 heavy (non-hydrogen) atoms. The molecule has 0 aliphatic carbocycles. The Morgan fingerprint density at radius 3 is 2.65 bits per heavy atom. The predicted octanol–water partition coefficient (Wildman–Crippen LogP) is 3.04. The maximum absolute atomic E-state index is 12.2. The number of anilines is 1. The van der Waals surface area contributed by atoms with Crippen LogP contribution in [-0.2, 0) is 9.53 Å². The van der Waals surface area contributed by atoms with E-state index in [4.69, 9.17) is 27.9 Å². The fourth-order valence-electron chi connectivity index (χ4n) is 2.30. The zero-order chi connectivity index (χ0) is 14.7. The molecule has 1 N–H and O–H groups in total. The van der Waals surface area contributed by atoms with Crippen molar-refractivity contribution in [2.24, 2.45) is 0 Å². The van der Waals surface area contributed by atoms with Crippen LogP contribution in [0, 0.1) is 0 Å². The lowest BCUT2D eigenvalue weighted by Crippen LogP contribution is -2.49. The van der Waals surface area contributed by atoms with Gasteiger partial charge in [-0.2, -0.15) is 0 Å². The topological polar surface area (TPSA) is 41.6 Å². The largest absolute Gasteiger partial charge is 0.375 e. The summed E-state index contributed by atoms with van der Waals surface area (Å²) < 4.78 is 5.61. The van der Waals surface area contributed by atoms with Crippen molar-refractivity contribution < 1.29 is 9.53 Å². The standard InChI is InChI=1S/C14H18Cl2N2O2/c1-9-7-18(8-10(2)20-9)14(19)6-17-13-5-11(15)3-4-12(13)16/h3-5,9-10,17H,6-8H2,1-2H3/t9-,10+. The first-order valence-corrected chi connectivity index (χ1v) is 7.33. The third-order valence-electron chi connectivity index (χ3n) is 3.13. The monoisotopic (exact) mass is 316 g/mol. The molecule has 0 aromatic heterocycles. The number of hydrogen-bond donors (Lipinski definition) is 1. The van der Waals surface area contributed by atoms with Gasteiger partial charge in [0.2, 0.25) is 5.91 Å². The molecule has 1 aliphatic heterocycles. The number of hydrogen-bond acceptors (Lipinski definition) is 3. The van der Waals surface area contributed by atoms with E-state index in [2.05, 4.69) is 5.32 Å². The first kappa shape index (κ1) is 15.4. The molecule has 1 saturated heterocycles. The number of nitrogens with zero attached hydrogens (tertiary/aromatic N) is 1. The fraction of sp³-hybridized carbons (Fsp3) is 0.500. The number of amides is 1. The molecule has 1 fully saturated rings. The van der Waals surface area contributed by atoms with Gasteiger partial charge in [0, 0.05) is 18.1 Å². The molecule has 0 radical (unpaired) electrons. The van der Waals surface area contributed by atoms with Gasteiger partial charge in [-0.1, -0.05) is 23.2 Å². The van der Waals surface area contributed by atoms with Crippen molar-refractivity contribution in [2.45, 2.75) is 26.1 Å². The van der Waals surface area contributed by atoms with E-state index in [1.54, 1.807) is 18.2 Å². The highest BCUT2D eigenvalue weighted by atomic mass is 35.5. The first-order valence-electron chi connectivity index (χ1n) is 6.58. The molecule has 0 unspecified atom stereocenters. The van der Waals surface area contributed by atoms with E-state index in [0.29, 0.717) is 28.8 Å². The van der Waals surface area contributed by atoms with E-state index in [0.717, 1.165) is 0 Å². The predicted molar refractivity (Wildman–Crippen MR) is 81.5 cm³/mol. The Morgan fingerprint density at radius 1 is 1.35 bits per heavy atom. The van der Waals surface area contributed by atoms with Gasteiger partial charge in [-0.3, -0.25) is 4.79 Å². The van der Waals surface area contributed by atoms with E-state index >= 15 is 0 Å². The minimum Gasteiger partial charge on any atom is -0.375 e. The lowest BCUT2D eigenvalue weighted by atomic mass is 10.2. The normalized spacial score (nSPS) is 22.7. The van der Waals surface area contributed by atoms with Crippen LogP contribution in [0.4, 0.5) is 5.69 Å². The van der Waals surface area contributed by atoms with Crippen LogP contribution in [0.25, 0.3) is 0 Å². The number of nitrogens with one attached hydrogen (secondary N) is 1. The smallest absolute Gasteiger partial charge is 0.242 e. The van der Waals surface area contributed by atoms with Crippen molar-refractivity contribution in [1.82, 2.24) is 4.90 Å². The van der Waals surface area contributed by atoms with Gasteiger partial charge in [0.15, 0.2) is 0 Å². The first-order chi connectivity index (χ1) is 9.45. The molecule has 6 heteroatoms. The van der Waals surface area contributed by atoms with Gasteiger partial charge in [-0.05, 0) is 32.0 Å². The second-order valence-corrected chi connectivity index (χ2v) is 5.88. The lowest BCUT2D eigenvalue weighted by Gasteiger charge is -2.35. The number of carbonyl (C=O) groups excluding carboxylic acids is 1. The molecule has 1 heterocycles. The van der Waals surface area contributed by atoms with Crippen LogP contribution in [0.2, 0.25) is 10.0 Å². The van der Waals surface area contributed by atoms with Crippen molar-refractivity contribution in [3.8, 4) is 0 Å². The van der Waals surface area contributed by atoms with Gasteiger partial charge in [-0.15, -0.1) is 0 Å². The van der Waals surface area contributed by atoms with Crippen molar-refractivity contribution in [1.29, 1.82) is 0 Å². The van der Waals surface area contributed by atoms with Crippen LogP contribution in [0.3, 0.4) is 0 Å². The highest BCUT2D eigenvalue weighted by molar-refractivity contribution is 6.35. The highest BCUT2D eigenvalue weighted by Crippen LogP contribution is 2.25. The minimum absolute atomic E-state index is 0.0306. The van der Waals surface area contributed by atoms with Crippen LogP contribution in [0.15, 0.2) is 18.2 Å². The van der Waals surface area contributed by atoms with Crippen molar-refractivity contribution >= 4 is 34.8 Å². The van der Waals surface area contributed by atoms with Crippen LogP contribution in [0.1, 0.15) is 13.8 Å². The third-order valence-corrected chi connectivity index (χ3v) is 3.70. The van der Waals surface area contributed by atoms with E-state index in [1.165, 1.54) is 0 Å². The van der Waals surface area contributed by atoms with Crippen molar-refractivity contribution in [3.63, 3.8) is 0 Å². The Bertz CT molecular complexity index is 486. The minimum atomic E-state index is 0.0306. The Balaban J connectivity index is 1.93.